The normalized spacial score (nSPS) is 10.3. The van der Waals surface area contributed by atoms with Crippen LogP contribution in [-0.4, -0.2) is 14.9 Å². The van der Waals surface area contributed by atoms with Gasteiger partial charge in [-0.05, 0) is 23.3 Å². The van der Waals surface area contributed by atoms with Crippen molar-refractivity contribution in [1.82, 2.24) is 0 Å². The highest BCUT2D eigenvalue weighted by atomic mass is 32.2. The Morgan fingerprint density at radius 2 is 1.75 bits per heavy atom. The Kier molecular flexibility index (Phi) is 7.11. The molecule has 0 amide bonds. The predicted molar refractivity (Wildman–Crippen MR) is 81.9 cm³/mol. The Morgan fingerprint density at radius 1 is 1.31 bits per heavy atom. The van der Waals surface area contributed by atoms with Gasteiger partial charge >= 0.3 is 0 Å². The highest BCUT2D eigenvalue weighted by molar-refractivity contribution is 8.41. The standard InChI is InChI=1S/C10H14O.C2H4S3/c1-10(2,3)8-6-4-5-7-9(8)11;1-5-2(3)4/h4-7,11H,1-3H3;1H3,(H,3,4). The first-order valence-corrected chi connectivity index (χ1v) is 6.92. The zero-order valence-electron chi connectivity index (χ0n) is 10.0. The van der Waals surface area contributed by atoms with E-state index in [2.05, 4.69) is 45.6 Å². The number of aromatic hydroxyl groups is 1. The summed E-state index contributed by atoms with van der Waals surface area (Å²) in [7, 11) is 0. The molecule has 1 nitrogen and oxygen atoms in total. The highest BCUT2D eigenvalue weighted by Gasteiger charge is 2.16. The number of thiol groups is 1. The van der Waals surface area contributed by atoms with Crippen LogP contribution < -0.4 is 0 Å². The van der Waals surface area contributed by atoms with E-state index in [1.807, 2.05) is 24.5 Å². The van der Waals surface area contributed by atoms with Crippen molar-refractivity contribution in [2.75, 3.05) is 6.26 Å². The van der Waals surface area contributed by atoms with Crippen LogP contribution in [0.5, 0.6) is 5.75 Å². The van der Waals surface area contributed by atoms with Crippen molar-refractivity contribution in [3.63, 3.8) is 0 Å². The molecule has 1 N–H and O–H groups in total. The van der Waals surface area contributed by atoms with Crippen LogP contribution in [0, 0.1) is 0 Å². The van der Waals surface area contributed by atoms with Crippen molar-refractivity contribution in [1.29, 1.82) is 0 Å². The Hall–Kier alpha value is -0.190. The maximum atomic E-state index is 9.45. The van der Waals surface area contributed by atoms with Gasteiger partial charge in [0.2, 0.25) is 0 Å². The van der Waals surface area contributed by atoms with Crippen LogP contribution in [0.15, 0.2) is 24.3 Å². The molecule has 0 radical (unpaired) electrons. The van der Waals surface area contributed by atoms with Gasteiger partial charge in [0.05, 0.1) is 0 Å². The van der Waals surface area contributed by atoms with Crippen LogP contribution in [0.25, 0.3) is 0 Å². The maximum Gasteiger partial charge on any atom is 0.119 e. The molecule has 0 heterocycles. The first kappa shape index (κ1) is 15.8. The number of para-hydroxylation sites is 1. The molecule has 90 valence electrons. The minimum atomic E-state index is 0.0331. The lowest BCUT2D eigenvalue weighted by atomic mass is 9.86. The Balaban J connectivity index is 0.000000385. The van der Waals surface area contributed by atoms with E-state index in [9.17, 15) is 5.11 Å². The zero-order chi connectivity index (χ0) is 12.8. The molecule has 0 atom stereocenters. The van der Waals surface area contributed by atoms with Gasteiger partial charge in [0.25, 0.3) is 0 Å². The van der Waals surface area contributed by atoms with E-state index in [0.29, 0.717) is 9.28 Å². The molecule has 1 rings (SSSR count). The minimum absolute atomic E-state index is 0.0331. The summed E-state index contributed by atoms with van der Waals surface area (Å²) in [4.78, 5) is 0. The number of phenolic OH excluding ortho intramolecular Hbond substituents is 1. The lowest BCUT2D eigenvalue weighted by molar-refractivity contribution is 0.447. The SMILES string of the molecule is CC(C)(C)c1ccccc1O.CSC(=S)S. The molecule has 0 bridgehead atoms. The third-order valence-electron chi connectivity index (χ3n) is 1.89. The number of thioether (sulfide) groups is 1. The number of rotatable bonds is 0. The molecule has 0 saturated carbocycles. The molecule has 0 spiro atoms. The van der Waals surface area contributed by atoms with Crippen LogP contribution in [0.2, 0.25) is 0 Å². The first-order chi connectivity index (χ1) is 7.29. The fourth-order valence-electron chi connectivity index (χ4n) is 1.11. The van der Waals surface area contributed by atoms with Crippen molar-refractivity contribution >= 4 is 40.1 Å². The minimum Gasteiger partial charge on any atom is -0.508 e. The van der Waals surface area contributed by atoms with Gasteiger partial charge in [-0.3, -0.25) is 0 Å². The number of hydrogen-bond acceptors (Lipinski definition) is 3. The first-order valence-electron chi connectivity index (χ1n) is 4.84. The topological polar surface area (TPSA) is 20.2 Å². The predicted octanol–water partition coefficient (Wildman–Crippen LogP) is 4.25. The molecule has 0 saturated heterocycles. The lowest BCUT2D eigenvalue weighted by Gasteiger charge is -2.19. The van der Waals surface area contributed by atoms with Crippen LogP contribution >= 0.6 is 36.6 Å². The van der Waals surface area contributed by atoms with Gasteiger partial charge < -0.3 is 5.11 Å². The van der Waals surface area contributed by atoms with Gasteiger partial charge in [-0.1, -0.05) is 51.2 Å². The molecule has 1 aromatic rings. The summed E-state index contributed by atoms with van der Waals surface area (Å²) in [5.74, 6) is 0.389. The van der Waals surface area contributed by atoms with Crippen molar-refractivity contribution in [3.8, 4) is 5.75 Å². The smallest absolute Gasteiger partial charge is 0.119 e. The van der Waals surface area contributed by atoms with E-state index in [-0.39, 0.29) is 5.41 Å². The van der Waals surface area contributed by atoms with Gasteiger partial charge in [0.15, 0.2) is 0 Å². The fourth-order valence-corrected chi connectivity index (χ4v) is 1.11. The van der Waals surface area contributed by atoms with E-state index in [1.54, 1.807) is 6.07 Å². The second kappa shape index (κ2) is 7.20. The summed E-state index contributed by atoms with van der Waals surface area (Å²) in [5.41, 5.74) is 1.03. The van der Waals surface area contributed by atoms with Crippen molar-refractivity contribution in [2.45, 2.75) is 26.2 Å². The molecule has 4 heteroatoms. The van der Waals surface area contributed by atoms with E-state index >= 15 is 0 Å². The molecule has 0 fully saturated rings. The summed E-state index contributed by atoms with van der Waals surface area (Å²) < 4.78 is 0.699. The fraction of sp³-hybridized carbons (Fsp3) is 0.417. The van der Waals surface area contributed by atoms with Crippen LogP contribution in [-0.2, 0) is 5.41 Å². The molecule has 0 aliphatic carbocycles. The second-order valence-corrected chi connectivity index (χ2v) is 6.77. The van der Waals surface area contributed by atoms with Gasteiger partial charge in [-0.2, -0.15) is 0 Å². The number of benzene rings is 1. The largest absolute Gasteiger partial charge is 0.508 e. The molecule has 0 aliphatic rings. The van der Waals surface area contributed by atoms with E-state index in [4.69, 9.17) is 0 Å². The van der Waals surface area contributed by atoms with Gasteiger partial charge in [-0.15, -0.1) is 24.4 Å². The molecular formula is C12H18OS3. The summed E-state index contributed by atoms with van der Waals surface area (Å²) >= 11 is 9.79. The van der Waals surface area contributed by atoms with Crippen LogP contribution in [0.1, 0.15) is 26.3 Å². The van der Waals surface area contributed by atoms with E-state index in [1.165, 1.54) is 11.8 Å². The van der Waals surface area contributed by atoms with Crippen molar-refractivity contribution < 1.29 is 5.11 Å². The third kappa shape index (κ3) is 6.40. The summed E-state index contributed by atoms with van der Waals surface area (Å²) in [6.07, 6.45) is 1.90. The quantitative estimate of drug-likeness (QED) is 0.545. The number of thiocarbonyl (C=S) groups is 1. The highest BCUT2D eigenvalue weighted by Crippen LogP contribution is 2.29. The van der Waals surface area contributed by atoms with Crippen LogP contribution in [0.3, 0.4) is 0 Å². The lowest BCUT2D eigenvalue weighted by Crippen LogP contribution is -2.10. The summed E-state index contributed by atoms with van der Waals surface area (Å²) in [6.45, 7) is 6.26. The molecule has 0 aliphatic heterocycles. The average Bonchev–Trinajstić information content (AvgIpc) is 2.17. The Labute approximate surface area is 113 Å². The zero-order valence-corrected chi connectivity index (χ0v) is 12.5. The van der Waals surface area contributed by atoms with Crippen molar-refractivity contribution in [2.24, 2.45) is 0 Å². The second-order valence-electron chi connectivity index (χ2n) is 4.24. The van der Waals surface area contributed by atoms with Crippen molar-refractivity contribution in [3.05, 3.63) is 29.8 Å². The van der Waals surface area contributed by atoms with E-state index < -0.39 is 0 Å². The molecular weight excluding hydrogens is 256 g/mol. The molecule has 0 aromatic heterocycles. The molecule has 16 heavy (non-hydrogen) atoms. The van der Waals surface area contributed by atoms with E-state index in [0.717, 1.165) is 5.56 Å². The molecule has 0 unspecified atom stereocenters. The third-order valence-corrected chi connectivity index (χ3v) is 3.28. The van der Waals surface area contributed by atoms with Gasteiger partial charge in [-0.25, -0.2) is 0 Å². The summed E-state index contributed by atoms with van der Waals surface area (Å²) in [6, 6.07) is 7.46. The Morgan fingerprint density at radius 3 is 2.00 bits per heavy atom. The van der Waals surface area contributed by atoms with Gasteiger partial charge in [0, 0.05) is 0 Å². The summed E-state index contributed by atoms with van der Waals surface area (Å²) in [5, 5.41) is 9.45. The molecule has 1 aromatic carbocycles. The maximum absolute atomic E-state index is 9.45. The number of hydrogen-bond donors (Lipinski definition) is 2. The average molecular weight is 274 g/mol. The number of phenols is 1. The Bertz CT molecular complexity index is 342. The van der Waals surface area contributed by atoms with Crippen LogP contribution in [0.4, 0.5) is 0 Å². The van der Waals surface area contributed by atoms with Gasteiger partial charge in [0.1, 0.15) is 9.28 Å². The monoisotopic (exact) mass is 274 g/mol.